The van der Waals surface area contributed by atoms with Crippen LogP contribution < -0.4 is 5.32 Å². The van der Waals surface area contributed by atoms with Crippen LogP contribution in [0, 0.1) is 0 Å². The lowest BCUT2D eigenvalue weighted by Gasteiger charge is -2.18. The minimum absolute atomic E-state index is 0.116. The fourth-order valence-corrected chi connectivity index (χ4v) is 3.41. The monoisotopic (exact) mass is 360 g/mol. The number of halogens is 1. The Kier molecular flexibility index (Phi) is 3.66. The van der Waals surface area contributed by atoms with Gasteiger partial charge in [0.2, 0.25) is 0 Å². The van der Waals surface area contributed by atoms with Gasteiger partial charge in [-0.3, -0.25) is 4.79 Å². The molecule has 2 aliphatic heterocycles. The number of carbonyl (C=O) groups excluding carboxylic acids is 1. The third-order valence-electron chi connectivity index (χ3n) is 4.41. The average molecular weight is 361 g/mol. The fraction of sp³-hybridized carbons (Fsp3) is 0.312. The molecular formula is C16H17ClN6O2. The van der Waals surface area contributed by atoms with Crippen molar-refractivity contribution in [1.29, 1.82) is 0 Å². The van der Waals surface area contributed by atoms with Gasteiger partial charge in [-0.2, -0.15) is 0 Å². The molecule has 8 nitrogen and oxygen atoms in total. The van der Waals surface area contributed by atoms with Crippen LogP contribution in [0.1, 0.15) is 27.9 Å². The summed E-state index contributed by atoms with van der Waals surface area (Å²) in [6.45, 7) is 0.407. The average Bonchev–Trinajstić information content (AvgIpc) is 3.14. The molecule has 1 unspecified atom stereocenters. The highest BCUT2D eigenvalue weighted by Gasteiger charge is 2.35. The lowest BCUT2D eigenvalue weighted by atomic mass is 10.1. The van der Waals surface area contributed by atoms with Gasteiger partial charge in [0.1, 0.15) is 5.69 Å². The van der Waals surface area contributed by atoms with Crippen molar-refractivity contribution in [3.8, 4) is 5.69 Å². The Morgan fingerprint density at radius 2 is 2.20 bits per heavy atom. The maximum Gasteiger partial charge on any atom is 0.306 e. The van der Waals surface area contributed by atoms with Crippen LogP contribution in [0.4, 0.5) is 0 Å². The van der Waals surface area contributed by atoms with Crippen molar-refractivity contribution in [3.05, 3.63) is 46.5 Å². The molecule has 0 saturated carbocycles. The van der Waals surface area contributed by atoms with E-state index in [0.29, 0.717) is 23.2 Å². The number of imidazole rings is 1. The Morgan fingerprint density at radius 1 is 1.40 bits per heavy atom. The minimum Gasteiger partial charge on any atom is -0.366 e. The molecule has 0 radical (unpaired) electrons. The van der Waals surface area contributed by atoms with Crippen molar-refractivity contribution in [2.24, 2.45) is 4.99 Å². The van der Waals surface area contributed by atoms with Crippen LogP contribution in [0.25, 0.3) is 5.69 Å². The van der Waals surface area contributed by atoms with E-state index in [-0.39, 0.29) is 12.1 Å². The molecule has 0 aliphatic carbocycles. The summed E-state index contributed by atoms with van der Waals surface area (Å²) < 4.78 is 1.91. The summed E-state index contributed by atoms with van der Waals surface area (Å²) >= 11 is 6.30. The molecule has 1 atom stereocenters. The van der Waals surface area contributed by atoms with Crippen molar-refractivity contribution in [3.63, 3.8) is 0 Å². The topological polar surface area (TPSA) is 75.0 Å². The largest absolute Gasteiger partial charge is 0.366 e. The first-order chi connectivity index (χ1) is 12.0. The van der Waals surface area contributed by atoms with Crippen LogP contribution in [0.2, 0.25) is 5.02 Å². The van der Waals surface area contributed by atoms with E-state index >= 15 is 0 Å². The maximum atomic E-state index is 12.8. The number of hydroxylamine groups is 2. The molecule has 1 fully saturated rings. The number of amides is 1. The predicted molar refractivity (Wildman–Crippen MR) is 92.5 cm³/mol. The van der Waals surface area contributed by atoms with Gasteiger partial charge < -0.3 is 19.6 Å². The minimum atomic E-state index is -0.292. The summed E-state index contributed by atoms with van der Waals surface area (Å²) in [5, 5.41) is 5.25. The van der Waals surface area contributed by atoms with Crippen LogP contribution in [0.15, 0.2) is 29.5 Å². The van der Waals surface area contributed by atoms with Crippen LogP contribution in [-0.2, 0) is 11.4 Å². The van der Waals surface area contributed by atoms with Gasteiger partial charge >= 0.3 is 6.02 Å². The van der Waals surface area contributed by atoms with E-state index in [9.17, 15) is 4.79 Å². The molecule has 1 aromatic heterocycles. The molecule has 2 aromatic rings. The van der Waals surface area contributed by atoms with Gasteiger partial charge in [-0.1, -0.05) is 17.7 Å². The third kappa shape index (κ3) is 2.37. The zero-order chi connectivity index (χ0) is 17.7. The van der Waals surface area contributed by atoms with Gasteiger partial charge in [0.15, 0.2) is 6.17 Å². The van der Waals surface area contributed by atoms with Crippen LogP contribution in [0.3, 0.4) is 0 Å². The molecule has 9 heteroatoms. The highest BCUT2D eigenvalue weighted by molar-refractivity contribution is 6.34. The zero-order valence-electron chi connectivity index (χ0n) is 14.0. The molecular weight excluding hydrogens is 344 g/mol. The summed E-state index contributed by atoms with van der Waals surface area (Å²) in [5.41, 5.74) is 2.87. The van der Waals surface area contributed by atoms with E-state index in [0.717, 1.165) is 17.1 Å². The summed E-state index contributed by atoms with van der Waals surface area (Å²) in [6.07, 6.45) is 1.42. The Balaban J connectivity index is 1.87. The molecule has 1 amide bonds. The molecule has 3 heterocycles. The smallest absolute Gasteiger partial charge is 0.306 e. The van der Waals surface area contributed by atoms with E-state index < -0.39 is 0 Å². The van der Waals surface area contributed by atoms with Crippen LogP contribution >= 0.6 is 11.6 Å². The highest BCUT2D eigenvalue weighted by atomic mass is 35.5. The molecule has 130 valence electrons. The fourth-order valence-electron chi connectivity index (χ4n) is 3.16. The van der Waals surface area contributed by atoms with Crippen molar-refractivity contribution >= 4 is 23.5 Å². The van der Waals surface area contributed by atoms with Crippen LogP contribution in [-0.4, -0.2) is 52.6 Å². The third-order valence-corrected chi connectivity index (χ3v) is 4.73. The number of aromatic nitrogens is 2. The van der Waals surface area contributed by atoms with E-state index in [2.05, 4.69) is 15.3 Å². The second-order valence-electron chi connectivity index (χ2n) is 5.95. The normalized spacial score (nSPS) is 21.6. The van der Waals surface area contributed by atoms with Crippen molar-refractivity contribution in [2.45, 2.75) is 12.7 Å². The summed E-state index contributed by atoms with van der Waals surface area (Å²) in [5.74, 6) is -0.116. The van der Waals surface area contributed by atoms with Crippen molar-refractivity contribution < 1.29 is 9.63 Å². The zero-order valence-corrected chi connectivity index (χ0v) is 14.8. The molecule has 1 N–H and O–H groups in total. The van der Waals surface area contributed by atoms with Gasteiger partial charge in [0, 0.05) is 21.1 Å². The van der Waals surface area contributed by atoms with Gasteiger partial charge in [0.05, 0.1) is 34.8 Å². The first-order valence-corrected chi connectivity index (χ1v) is 8.13. The highest BCUT2D eigenvalue weighted by Crippen LogP contribution is 2.33. The van der Waals surface area contributed by atoms with Crippen molar-refractivity contribution in [2.75, 3.05) is 21.1 Å². The number of fused-ring (bicyclic) bond motifs is 3. The second-order valence-corrected chi connectivity index (χ2v) is 6.36. The lowest BCUT2D eigenvalue weighted by molar-refractivity contribution is -0.0531. The Hall–Kier alpha value is -2.58. The Morgan fingerprint density at radius 3 is 2.92 bits per heavy atom. The summed E-state index contributed by atoms with van der Waals surface area (Å²) in [4.78, 5) is 28.5. The van der Waals surface area contributed by atoms with Gasteiger partial charge in [-0.05, 0) is 12.1 Å². The number of hydrogen-bond acceptors (Lipinski definition) is 5. The molecule has 0 spiro atoms. The van der Waals surface area contributed by atoms with Gasteiger partial charge in [-0.25, -0.2) is 9.98 Å². The number of nitrogens with zero attached hydrogens (tertiary/aromatic N) is 5. The SMILES string of the molecule is CN=C1NC(c2ncn3c2CN(C)C(=O)c2c(Cl)cccc2-3)N(C)O1. The molecule has 25 heavy (non-hydrogen) atoms. The Bertz CT molecular complexity index is 893. The van der Waals surface area contributed by atoms with Gasteiger partial charge in [-0.15, -0.1) is 5.06 Å². The van der Waals surface area contributed by atoms with Gasteiger partial charge in [0.25, 0.3) is 5.91 Å². The first-order valence-electron chi connectivity index (χ1n) is 7.76. The van der Waals surface area contributed by atoms with Crippen LogP contribution in [0.5, 0.6) is 0 Å². The van der Waals surface area contributed by atoms with Crippen molar-refractivity contribution in [1.82, 2.24) is 24.8 Å². The number of nitrogens with one attached hydrogen (secondary N) is 1. The number of hydrogen-bond donors (Lipinski definition) is 1. The molecule has 2 aliphatic rings. The molecule has 1 saturated heterocycles. The second kappa shape index (κ2) is 5.75. The standard InChI is InChI=1S/C16H17ClN6O2/c1-18-16-20-14(22(3)25-16)13-11-7-21(2)15(24)12-9(17)5-4-6-10(12)23(11)8-19-13/h4-6,8,14H,7H2,1-3H3,(H,18,20). The summed E-state index contributed by atoms with van der Waals surface area (Å²) in [7, 11) is 5.21. The number of rotatable bonds is 1. The first kappa shape index (κ1) is 15.9. The maximum absolute atomic E-state index is 12.8. The molecule has 0 bridgehead atoms. The van der Waals surface area contributed by atoms with E-state index in [1.807, 2.05) is 16.7 Å². The number of aliphatic imine (C=N–C) groups is 1. The number of amidine groups is 1. The lowest BCUT2D eigenvalue weighted by Crippen LogP contribution is -2.29. The number of benzene rings is 1. The molecule has 1 aromatic carbocycles. The van der Waals surface area contributed by atoms with E-state index in [4.69, 9.17) is 16.4 Å². The molecule has 4 rings (SSSR count). The quantitative estimate of drug-likeness (QED) is 0.835. The number of carbonyl (C=O) groups is 1. The predicted octanol–water partition coefficient (Wildman–Crippen LogP) is 1.56. The summed E-state index contributed by atoms with van der Waals surface area (Å²) in [6, 6.07) is 5.84. The van der Waals surface area contributed by atoms with E-state index in [1.54, 1.807) is 43.5 Å². The van der Waals surface area contributed by atoms with E-state index in [1.165, 1.54) is 0 Å². The Labute approximate surface area is 149 Å².